The second-order valence-corrected chi connectivity index (χ2v) is 8.24. The first-order valence-electron chi connectivity index (χ1n) is 10.1. The normalized spacial score (nSPS) is 16.9. The van der Waals surface area contributed by atoms with Gasteiger partial charge < -0.3 is 10.1 Å². The van der Waals surface area contributed by atoms with E-state index in [4.69, 9.17) is 4.74 Å². The van der Waals surface area contributed by atoms with E-state index in [1.54, 1.807) is 24.3 Å². The van der Waals surface area contributed by atoms with Crippen LogP contribution in [-0.4, -0.2) is 39.2 Å². The zero-order chi connectivity index (χ0) is 22.3. The smallest absolute Gasteiger partial charge is 0.243 e. The van der Waals surface area contributed by atoms with Crippen LogP contribution >= 0.6 is 11.8 Å². The molecule has 1 fully saturated rings. The lowest BCUT2D eigenvalue weighted by Crippen LogP contribution is -2.33. The summed E-state index contributed by atoms with van der Waals surface area (Å²) in [6.45, 7) is 0.284. The summed E-state index contributed by atoms with van der Waals surface area (Å²) < 4.78 is 5.27. The summed E-state index contributed by atoms with van der Waals surface area (Å²) >= 11 is 1.29. The Balaban J connectivity index is 1.56. The Bertz CT molecular complexity index is 1120. The molecule has 2 aromatic carbocycles. The zero-order valence-corrected chi connectivity index (χ0v) is 18.3. The molecule has 0 spiro atoms. The van der Waals surface area contributed by atoms with Crippen LogP contribution in [0, 0.1) is 0 Å². The molecule has 1 aliphatic rings. The largest absolute Gasteiger partial charge is 0.497 e. The Hall–Kier alpha value is -3.65. The number of hydrogen-bond acceptors (Lipinski definition) is 6. The number of nitrogens with zero attached hydrogens (tertiary/aromatic N) is 3. The number of para-hydroxylation sites is 1. The lowest BCUT2D eigenvalue weighted by atomic mass is 10.2. The van der Waals surface area contributed by atoms with E-state index in [-0.39, 0.29) is 24.8 Å². The Labute approximate surface area is 190 Å². The fourth-order valence-corrected chi connectivity index (χ4v) is 4.37. The van der Waals surface area contributed by atoms with Gasteiger partial charge in [-0.3, -0.25) is 19.5 Å². The molecule has 4 rings (SSSR count). The highest BCUT2D eigenvalue weighted by Crippen LogP contribution is 2.33. The van der Waals surface area contributed by atoms with E-state index in [9.17, 15) is 9.59 Å². The van der Waals surface area contributed by atoms with Crippen molar-refractivity contribution in [1.29, 1.82) is 0 Å². The summed E-state index contributed by atoms with van der Waals surface area (Å²) in [5.41, 5.74) is 2.11. The third kappa shape index (κ3) is 5.33. The number of carbonyl (C=O) groups is 2. The molecule has 7 nitrogen and oxygen atoms in total. The molecular formula is C24H22N4O3S. The van der Waals surface area contributed by atoms with Gasteiger partial charge >= 0.3 is 0 Å². The van der Waals surface area contributed by atoms with Crippen molar-refractivity contribution in [2.45, 2.75) is 18.2 Å². The Morgan fingerprint density at radius 1 is 1.12 bits per heavy atom. The first-order chi connectivity index (χ1) is 15.6. The van der Waals surface area contributed by atoms with E-state index >= 15 is 0 Å². The van der Waals surface area contributed by atoms with Gasteiger partial charge in [0.05, 0.1) is 25.0 Å². The van der Waals surface area contributed by atoms with Crippen LogP contribution in [0.4, 0.5) is 11.4 Å². The molecule has 162 valence electrons. The number of pyridine rings is 1. The predicted octanol–water partition coefficient (Wildman–Crippen LogP) is 4.25. The topological polar surface area (TPSA) is 83.9 Å². The van der Waals surface area contributed by atoms with E-state index in [2.05, 4.69) is 15.3 Å². The zero-order valence-electron chi connectivity index (χ0n) is 17.5. The molecule has 3 aromatic rings. The molecular weight excluding hydrogens is 424 g/mol. The second-order valence-electron chi connectivity index (χ2n) is 7.07. The number of benzene rings is 2. The molecule has 1 unspecified atom stereocenters. The SMILES string of the molecule is COc1cccc(N=C2SC(CC(=O)Nc3ccccc3)C(=O)N2Cc2ccccn2)c1. The quantitative estimate of drug-likeness (QED) is 0.587. The van der Waals surface area contributed by atoms with Crippen molar-refractivity contribution in [2.24, 2.45) is 4.99 Å². The number of methoxy groups -OCH3 is 1. The highest BCUT2D eigenvalue weighted by molar-refractivity contribution is 8.15. The fraction of sp³-hybridized carbons (Fsp3) is 0.167. The van der Waals surface area contributed by atoms with Crippen molar-refractivity contribution in [3.8, 4) is 5.75 Å². The average Bonchev–Trinajstić information content (AvgIpc) is 3.09. The third-order valence-electron chi connectivity index (χ3n) is 4.77. The molecule has 32 heavy (non-hydrogen) atoms. The number of ether oxygens (including phenoxy) is 1. The molecule has 0 radical (unpaired) electrons. The van der Waals surface area contributed by atoms with Crippen LogP contribution < -0.4 is 10.1 Å². The van der Waals surface area contributed by atoms with Crippen molar-refractivity contribution in [3.63, 3.8) is 0 Å². The Morgan fingerprint density at radius 2 is 1.94 bits per heavy atom. The Morgan fingerprint density at radius 3 is 2.69 bits per heavy atom. The van der Waals surface area contributed by atoms with Crippen molar-refractivity contribution in [3.05, 3.63) is 84.7 Å². The number of anilines is 1. The standard InChI is InChI=1S/C24H22N4O3S/c1-31-20-12-7-11-18(14-20)27-24-28(16-19-10-5-6-13-25-19)23(30)21(32-24)15-22(29)26-17-8-3-2-4-9-17/h2-14,21H,15-16H2,1H3,(H,26,29). The van der Waals surface area contributed by atoms with Crippen LogP contribution in [0.3, 0.4) is 0 Å². The van der Waals surface area contributed by atoms with Crippen LogP contribution in [0.25, 0.3) is 0 Å². The average molecular weight is 447 g/mol. The molecule has 2 heterocycles. The van der Waals surface area contributed by atoms with Gasteiger partial charge in [0, 0.05) is 24.4 Å². The van der Waals surface area contributed by atoms with Crippen LogP contribution in [0.1, 0.15) is 12.1 Å². The minimum absolute atomic E-state index is 0.0498. The number of thioether (sulfide) groups is 1. The summed E-state index contributed by atoms with van der Waals surface area (Å²) in [4.78, 5) is 36.4. The van der Waals surface area contributed by atoms with Gasteiger partial charge in [0.25, 0.3) is 0 Å². The van der Waals surface area contributed by atoms with E-state index in [0.717, 1.165) is 5.69 Å². The monoisotopic (exact) mass is 446 g/mol. The van der Waals surface area contributed by atoms with Crippen LogP contribution in [-0.2, 0) is 16.1 Å². The van der Waals surface area contributed by atoms with E-state index in [1.807, 2.05) is 66.7 Å². The fourth-order valence-electron chi connectivity index (χ4n) is 3.22. The van der Waals surface area contributed by atoms with Gasteiger partial charge in [-0.2, -0.15) is 0 Å². The molecule has 2 amide bonds. The van der Waals surface area contributed by atoms with Gasteiger partial charge in [0.1, 0.15) is 11.0 Å². The molecule has 1 aliphatic heterocycles. The maximum atomic E-state index is 13.2. The molecule has 1 aromatic heterocycles. The molecule has 0 aliphatic carbocycles. The molecule has 1 atom stereocenters. The van der Waals surface area contributed by atoms with Gasteiger partial charge in [-0.15, -0.1) is 0 Å². The maximum absolute atomic E-state index is 13.2. The van der Waals surface area contributed by atoms with Gasteiger partial charge in [-0.1, -0.05) is 42.1 Å². The second kappa shape index (κ2) is 10.1. The summed E-state index contributed by atoms with van der Waals surface area (Å²) in [5.74, 6) is 0.296. The minimum atomic E-state index is -0.563. The third-order valence-corrected chi connectivity index (χ3v) is 5.95. The number of aromatic nitrogens is 1. The first-order valence-corrected chi connectivity index (χ1v) is 11.0. The van der Waals surface area contributed by atoms with Gasteiger partial charge in [0.15, 0.2) is 5.17 Å². The van der Waals surface area contributed by atoms with Crippen LogP contribution in [0.15, 0.2) is 84.0 Å². The van der Waals surface area contributed by atoms with E-state index < -0.39 is 5.25 Å². The molecule has 8 heteroatoms. The highest BCUT2D eigenvalue weighted by Gasteiger charge is 2.39. The highest BCUT2D eigenvalue weighted by atomic mass is 32.2. The number of amidine groups is 1. The van der Waals surface area contributed by atoms with Crippen molar-refractivity contribution >= 4 is 40.1 Å². The molecule has 0 bridgehead atoms. The summed E-state index contributed by atoms with van der Waals surface area (Å²) in [5, 5.41) is 2.81. The van der Waals surface area contributed by atoms with Gasteiger partial charge in [-0.25, -0.2) is 4.99 Å². The lowest BCUT2D eigenvalue weighted by Gasteiger charge is -2.16. The lowest BCUT2D eigenvalue weighted by molar-refractivity contribution is -0.128. The minimum Gasteiger partial charge on any atom is -0.497 e. The number of carbonyl (C=O) groups excluding carboxylic acids is 2. The number of rotatable bonds is 7. The molecule has 1 saturated heterocycles. The number of amides is 2. The predicted molar refractivity (Wildman–Crippen MR) is 126 cm³/mol. The van der Waals surface area contributed by atoms with Gasteiger partial charge in [0.2, 0.25) is 11.8 Å². The van der Waals surface area contributed by atoms with E-state index in [0.29, 0.717) is 22.3 Å². The molecule has 1 N–H and O–H groups in total. The summed E-state index contributed by atoms with van der Waals surface area (Å²) in [7, 11) is 1.59. The first kappa shape index (κ1) is 21.6. The summed E-state index contributed by atoms with van der Waals surface area (Å²) in [6.07, 6.45) is 1.74. The van der Waals surface area contributed by atoms with Crippen LogP contribution in [0.2, 0.25) is 0 Å². The van der Waals surface area contributed by atoms with E-state index in [1.165, 1.54) is 11.8 Å². The Kier molecular flexibility index (Phi) is 6.81. The number of aliphatic imine (C=N–C) groups is 1. The molecule has 0 saturated carbocycles. The van der Waals surface area contributed by atoms with Crippen LogP contribution in [0.5, 0.6) is 5.75 Å². The summed E-state index contributed by atoms with van der Waals surface area (Å²) in [6, 6.07) is 22.1. The van der Waals surface area contributed by atoms with Crippen molar-refractivity contribution in [1.82, 2.24) is 9.88 Å². The van der Waals surface area contributed by atoms with Crippen molar-refractivity contribution in [2.75, 3.05) is 12.4 Å². The van der Waals surface area contributed by atoms with Crippen molar-refractivity contribution < 1.29 is 14.3 Å². The van der Waals surface area contributed by atoms with Gasteiger partial charge in [-0.05, 0) is 36.4 Å². The maximum Gasteiger partial charge on any atom is 0.243 e. The number of hydrogen-bond donors (Lipinski definition) is 1. The number of nitrogens with one attached hydrogen (secondary N) is 1.